The van der Waals surface area contributed by atoms with Gasteiger partial charge in [0, 0.05) is 30.5 Å². The number of halogens is 1. The summed E-state index contributed by atoms with van der Waals surface area (Å²) in [4.78, 5) is 0. The molecule has 0 fully saturated rings. The fraction of sp³-hybridized carbons (Fsp3) is 0.571. The first-order valence-electron chi connectivity index (χ1n) is 6.68. The molecule has 0 heterocycles. The number of aliphatic hydroxyl groups is 2. The Morgan fingerprint density at radius 3 is 2.95 bits per heavy atom. The lowest BCUT2D eigenvalue weighted by molar-refractivity contribution is 0.107. The summed E-state index contributed by atoms with van der Waals surface area (Å²) in [5.74, 6) is 2.61. The molecule has 3 N–H and O–H groups in total. The van der Waals surface area contributed by atoms with Gasteiger partial charge in [0.05, 0.1) is 0 Å². The molecule has 0 aromatic heterocycles. The van der Waals surface area contributed by atoms with Crippen LogP contribution in [-0.4, -0.2) is 54.1 Å². The molecule has 0 aliphatic carbocycles. The third kappa shape index (κ3) is 8.66. The van der Waals surface area contributed by atoms with Crippen molar-refractivity contribution in [1.29, 1.82) is 0 Å². The van der Waals surface area contributed by atoms with E-state index < -0.39 is 6.10 Å². The van der Waals surface area contributed by atoms with Gasteiger partial charge in [-0.2, -0.15) is 11.8 Å². The van der Waals surface area contributed by atoms with Crippen LogP contribution < -0.4 is 10.1 Å². The van der Waals surface area contributed by atoms with Gasteiger partial charge in [0.15, 0.2) is 0 Å². The number of aliphatic hydroxyl groups excluding tert-OH is 2. The Balaban J connectivity index is 2.01. The molecule has 0 aliphatic rings. The van der Waals surface area contributed by atoms with Gasteiger partial charge in [-0.3, -0.25) is 0 Å². The minimum absolute atomic E-state index is 0.241. The molecule has 1 atom stereocenters. The summed E-state index contributed by atoms with van der Waals surface area (Å²) in [6.07, 6.45) is 0.289. The van der Waals surface area contributed by atoms with Crippen molar-refractivity contribution in [2.75, 3.05) is 37.8 Å². The second kappa shape index (κ2) is 11.2. The molecule has 0 saturated heterocycles. The molecule has 114 valence electrons. The Morgan fingerprint density at radius 2 is 2.20 bits per heavy atom. The van der Waals surface area contributed by atoms with Crippen LogP contribution in [0.5, 0.6) is 5.75 Å². The highest BCUT2D eigenvalue weighted by atomic mass is 35.5. The quantitative estimate of drug-likeness (QED) is 0.543. The molecule has 20 heavy (non-hydrogen) atoms. The molecular formula is C14H22ClNO3S. The summed E-state index contributed by atoms with van der Waals surface area (Å²) < 4.78 is 5.45. The molecule has 1 rings (SSSR count). The zero-order chi connectivity index (χ0) is 14.6. The van der Waals surface area contributed by atoms with Crippen molar-refractivity contribution in [3.63, 3.8) is 0 Å². The molecule has 0 spiro atoms. The molecular weight excluding hydrogens is 298 g/mol. The number of hydrogen-bond acceptors (Lipinski definition) is 5. The predicted octanol–water partition coefficient (Wildman–Crippen LogP) is 1.78. The van der Waals surface area contributed by atoms with E-state index in [1.165, 1.54) is 0 Å². The SMILES string of the molecule is OCCCSCCNCC(O)COc1cccc(Cl)c1. The minimum Gasteiger partial charge on any atom is -0.491 e. The second-order valence-corrected chi connectivity index (χ2v) is 5.98. The molecule has 0 saturated carbocycles. The molecule has 1 aromatic rings. The highest BCUT2D eigenvalue weighted by Crippen LogP contribution is 2.17. The van der Waals surface area contributed by atoms with Gasteiger partial charge in [-0.1, -0.05) is 17.7 Å². The smallest absolute Gasteiger partial charge is 0.120 e. The first-order valence-corrected chi connectivity index (χ1v) is 8.21. The van der Waals surface area contributed by atoms with Gasteiger partial charge in [-0.25, -0.2) is 0 Å². The lowest BCUT2D eigenvalue weighted by Crippen LogP contribution is -2.32. The average molecular weight is 320 g/mol. The molecule has 1 aromatic carbocycles. The number of thioether (sulfide) groups is 1. The molecule has 0 aliphatic heterocycles. The fourth-order valence-corrected chi connectivity index (χ4v) is 2.50. The number of nitrogens with one attached hydrogen (secondary N) is 1. The van der Waals surface area contributed by atoms with Crippen LogP contribution in [-0.2, 0) is 0 Å². The monoisotopic (exact) mass is 319 g/mol. The topological polar surface area (TPSA) is 61.7 Å². The average Bonchev–Trinajstić information content (AvgIpc) is 2.44. The van der Waals surface area contributed by atoms with Crippen LogP contribution in [0.25, 0.3) is 0 Å². The van der Waals surface area contributed by atoms with E-state index in [0.29, 0.717) is 17.3 Å². The van der Waals surface area contributed by atoms with E-state index in [1.54, 1.807) is 23.9 Å². The summed E-state index contributed by atoms with van der Waals surface area (Å²) in [7, 11) is 0. The van der Waals surface area contributed by atoms with Gasteiger partial charge in [-0.15, -0.1) is 0 Å². The predicted molar refractivity (Wildman–Crippen MR) is 84.9 cm³/mol. The lowest BCUT2D eigenvalue weighted by atomic mass is 10.3. The van der Waals surface area contributed by atoms with Gasteiger partial charge in [0.25, 0.3) is 0 Å². The van der Waals surface area contributed by atoms with E-state index in [1.807, 2.05) is 12.1 Å². The van der Waals surface area contributed by atoms with Gasteiger partial charge in [-0.05, 0) is 30.4 Å². The molecule has 1 unspecified atom stereocenters. The maximum Gasteiger partial charge on any atom is 0.120 e. The Bertz CT molecular complexity index is 368. The highest BCUT2D eigenvalue weighted by molar-refractivity contribution is 7.99. The zero-order valence-electron chi connectivity index (χ0n) is 11.4. The Kier molecular flexibility index (Phi) is 9.87. The van der Waals surface area contributed by atoms with Gasteiger partial charge in [0.1, 0.15) is 18.5 Å². The number of rotatable bonds is 11. The van der Waals surface area contributed by atoms with Crippen LogP contribution in [0, 0.1) is 0 Å². The van der Waals surface area contributed by atoms with Crippen LogP contribution >= 0.6 is 23.4 Å². The molecule has 6 heteroatoms. The van der Waals surface area contributed by atoms with Crippen molar-refractivity contribution in [3.05, 3.63) is 29.3 Å². The molecule has 0 amide bonds. The van der Waals surface area contributed by atoms with Gasteiger partial charge in [0.2, 0.25) is 0 Å². The van der Waals surface area contributed by atoms with E-state index >= 15 is 0 Å². The number of hydrogen-bond donors (Lipinski definition) is 3. The van der Waals surface area contributed by atoms with Crippen LogP contribution in [0.3, 0.4) is 0 Å². The van der Waals surface area contributed by atoms with E-state index in [4.69, 9.17) is 21.4 Å². The van der Waals surface area contributed by atoms with E-state index in [0.717, 1.165) is 24.5 Å². The molecule has 0 bridgehead atoms. The summed E-state index contributed by atoms with van der Waals surface area (Å²) in [6.45, 7) is 1.83. The van der Waals surface area contributed by atoms with Gasteiger partial charge < -0.3 is 20.3 Å². The Morgan fingerprint density at radius 1 is 1.35 bits per heavy atom. The van der Waals surface area contributed by atoms with Gasteiger partial charge >= 0.3 is 0 Å². The maximum atomic E-state index is 9.76. The maximum absolute atomic E-state index is 9.76. The first kappa shape index (κ1) is 17.6. The zero-order valence-corrected chi connectivity index (χ0v) is 13.0. The van der Waals surface area contributed by atoms with Crippen molar-refractivity contribution in [1.82, 2.24) is 5.32 Å². The number of ether oxygens (including phenoxy) is 1. The van der Waals surface area contributed by atoms with E-state index in [-0.39, 0.29) is 13.2 Å². The van der Waals surface area contributed by atoms with Crippen molar-refractivity contribution < 1.29 is 14.9 Å². The van der Waals surface area contributed by atoms with Crippen LogP contribution in [0.15, 0.2) is 24.3 Å². The summed E-state index contributed by atoms with van der Waals surface area (Å²) >= 11 is 7.63. The van der Waals surface area contributed by atoms with Crippen molar-refractivity contribution in [2.24, 2.45) is 0 Å². The second-order valence-electron chi connectivity index (χ2n) is 4.32. The summed E-state index contributed by atoms with van der Waals surface area (Å²) in [5, 5.41) is 22.2. The van der Waals surface area contributed by atoms with E-state index in [9.17, 15) is 5.11 Å². The normalized spacial score (nSPS) is 12.3. The largest absolute Gasteiger partial charge is 0.491 e. The Hall–Kier alpha value is -0.460. The van der Waals surface area contributed by atoms with Crippen LogP contribution in [0.1, 0.15) is 6.42 Å². The minimum atomic E-state index is -0.545. The van der Waals surface area contributed by atoms with Crippen LogP contribution in [0.2, 0.25) is 5.02 Å². The van der Waals surface area contributed by atoms with Crippen LogP contribution in [0.4, 0.5) is 0 Å². The standard InChI is InChI=1S/C14H22ClNO3S/c15-12-3-1-4-14(9-12)19-11-13(18)10-16-5-8-20-7-2-6-17/h1,3-4,9,13,16-18H,2,5-8,10-11H2. The summed E-state index contributed by atoms with van der Waals surface area (Å²) in [5.41, 5.74) is 0. The van der Waals surface area contributed by atoms with E-state index in [2.05, 4.69) is 5.32 Å². The number of benzene rings is 1. The molecule has 4 nitrogen and oxygen atoms in total. The Labute approximate surface area is 129 Å². The molecule has 0 radical (unpaired) electrons. The van der Waals surface area contributed by atoms with Crippen molar-refractivity contribution in [3.8, 4) is 5.75 Å². The fourth-order valence-electron chi connectivity index (χ4n) is 1.49. The van der Waals surface area contributed by atoms with Crippen molar-refractivity contribution in [2.45, 2.75) is 12.5 Å². The highest BCUT2D eigenvalue weighted by Gasteiger charge is 2.05. The third-order valence-corrected chi connectivity index (χ3v) is 3.79. The third-order valence-electron chi connectivity index (χ3n) is 2.49. The summed E-state index contributed by atoms with van der Waals surface area (Å²) in [6, 6.07) is 7.12. The lowest BCUT2D eigenvalue weighted by Gasteiger charge is -2.13. The van der Waals surface area contributed by atoms with Crippen molar-refractivity contribution >= 4 is 23.4 Å². The first-order chi connectivity index (χ1) is 9.72.